The lowest BCUT2D eigenvalue weighted by Crippen LogP contribution is -2.40. The van der Waals surface area contributed by atoms with E-state index in [1.807, 2.05) is 31.2 Å². The maximum absolute atomic E-state index is 11.7. The summed E-state index contributed by atoms with van der Waals surface area (Å²) < 4.78 is 0. The Morgan fingerprint density at radius 3 is 2.26 bits per heavy atom. The van der Waals surface area contributed by atoms with Crippen molar-refractivity contribution in [1.29, 1.82) is 0 Å². The highest BCUT2D eigenvalue weighted by molar-refractivity contribution is 5.87. The molecule has 5 nitrogen and oxygen atoms in total. The molecule has 1 rings (SSSR count). The number of carbonyl (C=O) groups is 2. The lowest BCUT2D eigenvalue weighted by Gasteiger charge is -2.14. The van der Waals surface area contributed by atoms with E-state index in [1.54, 1.807) is 14.1 Å². The predicted molar refractivity (Wildman–Crippen MR) is 77.1 cm³/mol. The Kier molecular flexibility index (Phi) is 7.11. The van der Waals surface area contributed by atoms with Gasteiger partial charge >= 0.3 is 0 Å². The van der Waals surface area contributed by atoms with E-state index in [0.717, 1.165) is 11.1 Å². The van der Waals surface area contributed by atoms with Crippen LogP contribution in [0.3, 0.4) is 0 Å². The summed E-state index contributed by atoms with van der Waals surface area (Å²) in [6.07, 6.45) is 0. The molecule has 0 fully saturated rings. The third-order valence-corrected chi connectivity index (χ3v) is 2.63. The van der Waals surface area contributed by atoms with E-state index in [4.69, 9.17) is 5.73 Å². The fourth-order valence-corrected chi connectivity index (χ4v) is 1.36. The summed E-state index contributed by atoms with van der Waals surface area (Å²) >= 11 is 0. The summed E-state index contributed by atoms with van der Waals surface area (Å²) in [5, 5.41) is 2.52. The molecule has 106 valence electrons. The van der Waals surface area contributed by atoms with Gasteiger partial charge in [-0.15, -0.1) is 12.4 Å². The Balaban J connectivity index is 0.00000324. The number of likely N-dealkylation sites (N-methyl/N-ethyl adjacent to an activating group) is 1. The molecule has 0 aliphatic heterocycles. The van der Waals surface area contributed by atoms with Gasteiger partial charge in [0, 0.05) is 14.1 Å². The van der Waals surface area contributed by atoms with Crippen LogP contribution in [0.15, 0.2) is 24.3 Å². The highest BCUT2D eigenvalue weighted by atomic mass is 35.5. The van der Waals surface area contributed by atoms with Crippen molar-refractivity contribution >= 4 is 24.2 Å². The molecule has 3 N–H and O–H groups in total. The van der Waals surface area contributed by atoms with Gasteiger partial charge in [0.2, 0.25) is 11.8 Å². The lowest BCUT2D eigenvalue weighted by molar-refractivity contribution is -0.131. The third-order valence-electron chi connectivity index (χ3n) is 2.63. The van der Waals surface area contributed by atoms with E-state index in [1.165, 1.54) is 4.90 Å². The predicted octanol–water partition coefficient (Wildman–Crippen LogP) is 0.621. The fourth-order valence-electron chi connectivity index (χ4n) is 1.36. The topological polar surface area (TPSA) is 75.4 Å². The minimum Gasteiger partial charge on any atom is -0.347 e. The van der Waals surface area contributed by atoms with Crippen LogP contribution in [-0.2, 0) is 9.59 Å². The van der Waals surface area contributed by atoms with Crippen LogP contribution >= 0.6 is 12.4 Å². The number of aryl methyl sites for hydroxylation is 1. The SMILES string of the molecule is Cc1ccc(C(N)C(=O)NCC(=O)N(C)C)cc1.Cl. The Morgan fingerprint density at radius 2 is 1.79 bits per heavy atom. The van der Waals surface area contributed by atoms with Gasteiger partial charge in [0.25, 0.3) is 0 Å². The Bertz CT molecular complexity index is 432. The summed E-state index contributed by atoms with van der Waals surface area (Å²) in [6.45, 7) is 1.93. The maximum atomic E-state index is 11.7. The number of halogens is 1. The molecule has 0 heterocycles. The number of hydrogen-bond acceptors (Lipinski definition) is 3. The Hall–Kier alpha value is -1.59. The van der Waals surface area contributed by atoms with E-state index in [2.05, 4.69) is 5.32 Å². The van der Waals surface area contributed by atoms with Crippen LogP contribution in [0.25, 0.3) is 0 Å². The van der Waals surface area contributed by atoms with E-state index in [0.29, 0.717) is 0 Å². The molecule has 1 aromatic carbocycles. The summed E-state index contributed by atoms with van der Waals surface area (Å²) in [4.78, 5) is 24.5. The molecule has 19 heavy (non-hydrogen) atoms. The molecule has 1 atom stereocenters. The molecular weight excluding hydrogens is 266 g/mol. The standard InChI is InChI=1S/C13H19N3O2.ClH/c1-9-4-6-10(7-5-9)12(14)13(18)15-8-11(17)16(2)3;/h4-7,12H,8,14H2,1-3H3,(H,15,18);1H. The van der Waals surface area contributed by atoms with E-state index in [9.17, 15) is 9.59 Å². The molecular formula is C13H20ClN3O2. The molecule has 0 saturated heterocycles. The molecule has 0 aromatic heterocycles. The van der Waals surface area contributed by atoms with E-state index in [-0.39, 0.29) is 30.8 Å². The van der Waals surface area contributed by atoms with E-state index >= 15 is 0 Å². The van der Waals surface area contributed by atoms with Crippen LogP contribution in [0, 0.1) is 6.92 Å². The first-order valence-corrected chi connectivity index (χ1v) is 5.72. The monoisotopic (exact) mass is 285 g/mol. The second-order valence-corrected chi connectivity index (χ2v) is 4.39. The first kappa shape index (κ1) is 17.4. The van der Waals surface area contributed by atoms with Crippen molar-refractivity contribution in [2.75, 3.05) is 20.6 Å². The van der Waals surface area contributed by atoms with Crippen LogP contribution < -0.4 is 11.1 Å². The summed E-state index contributed by atoms with van der Waals surface area (Å²) in [5.74, 6) is -0.520. The summed E-state index contributed by atoms with van der Waals surface area (Å²) in [6, 6.07) is 6.67. The van der Waals surface area contributed by atoms with E-state index < -0.39 is 6.04 Å². The molecule has 2 amide bonds. The molecule has 1 unspecified atom stereocenters. The van der Waals surface area contributed by atoms with Crippen LogP contribution in [0.2, 0.25) is 0 Å². The number of rotatable bonds is 4. The molecule has 0 aliphatic carbocycles. The zero-order chi connectivity index (χ0) is 13.7. The first-order chi connectivity index (χ1) is 8.41. The zero-order valence-electron chi connectivity index (χ0n) is 11.3. The highest BCUT2D eigenvalue weighted by Gasteiger charge is 2.16. The third kappa shape index (κ3) is 5.28. The van der Waals surface area contributed by atoms with Crippen LogP contribution in [0.5, 0.6) is 0 Å². The number of hydrogen-bond donors (Lipinski definition) is 2. The molecule has 0 spiro atoms. The molecule has 0 saturated carbocycles. The number of nitrogens with one attached hydrogen (secondary N) is 1. The van der Waals surface area contributed by atoms with Gasteiger partial charge in [0.1, 0.15) is 6.04 Å². The van der Waals surface area contributed by atoms with Crippen molar-refractivity contribution in [2.45, 2.75) is 13.0 Å². The van der Waals surface area contributed by atoms with Gasteiger partial charge < -0.3 is 16.0 Å². The van der Waals surface area contributed by atoms with Crippen LogP contribution in [0.1, 0.15) is 17.2 Å². The Labute approximate surface area is 119 Å². The fraction of sp³-hybridized carbons (Fsp3) is 0.385. The average Bonchev–Trinajstić information content (AvgIpc) is 2.35. The average molecular weight is 286 g/mol. The second-order valence-electron chi connectivity index (χ2n) is 4.39. The van der Waals surface area contributed by atoms with Crippen LogP contribution in [-0.4, -0.2) is 37.4 Å². The van der Waals surface area contributed by atoms with Gasteiger partial charge in [-0.1, -0.05) is 29.8 Å². The van der Waals surface area contributed by atoms with Crippen molar-refractivity contribution in [1.82, 2.24) is 10.2 Å². The second kappa shape index (κ2) is 7.76. The number of nitrogens with two attached hydrogens (primary N) is 1. The van der Waals surface area contributed by atoms with Crippen molar-refractivity contribution in [3.8, 4) is 0 Å². The van der Waals surface area contributed by atoms with Crippen molar-refractivity contribution in [3.05, 3.63) is 35.4 Å². The van der Waals surface area contributed by atoms with Gasteiger partial charge in [-0.3, -0.25) is 9.59 Å². The largest absolute Gasteiger partial charge is 0.347 e. The molecule has 6 heteroatoms. The van der Waals surface area contributed by atoms with Crippen LogP contribution in [0.4, 0.5) is 0 Å². The molecule has 0 bridgehead atoms. The number of benzene rings is 1. The Morgan fingerprint density at radius 1 is 1.26 bits per heavy atom. The number of carbonyl (C=O) groups excluding carboxylic acids is 2. The summed E-state index contributed by atoms with van der Waals surface area (Å²) in [7, 11) is 3.27. The highest BCUT2D eigenvalue weighted by Crippen LogP contribution is 2.11. The van der Waals surface area contributed by atoms with Gasteiger partial charge in [0.05, 0.1) is 6.54 Å². The molecule has 0 aliphatic rings. The minimum absolute atomic E-state index is 0. The first-order valence-electron chi connectivity index (χ1n) is 5.72. The van der Waals surface area contributed by atoms with Gasteiger partial charge in [-0.25, -0.2) is 0 Å². The van der Waals surface area contributed by atoms with Crippen molar-refractivity contribution in [3.63, 3.8) is 0 Å². The maximum Gasteiger partial charge on any atom is 0.241 e. The zero-order valence-corrected chi connectivity index (χ0v) is 12.2. The van der Waals surface area contributed by atoms with Crippen molar-refractivity contribution in [2.24, 2.45) is 5.73 Å². The lowest BCUT2D eigenvalue weighted by atomic mass is 10.1. The quantitative estimate of drug-likeness (QED) is 0.852. The van der Waals surface area contributed by atoms with Gasteiger partial charge in [-0.05, 0) is 12.5 Å². The smallest absolute Gasteiger partial charge is 0.241 e. The minimum atomic E-state index is -0.749. The normalized spacial score (nSPS) is 11.2. The summed E-state index contributed by atoms with van der Waals surface area (Å²) in [5.41, 5.74) is 7.65. The number of nitrogens with zero attached hydrogens (tertiary/aromatic N) is 1. The molecule has 0 radical (unpaired) electrons. The van der Waals surface area contributed by atoms with Gasteiger partial charge in [0.15, 0.2) is 0 Å². The molecule has 1 aromatic rings. The van der Waals surface area contributed by atoms with Gasteiger partial charge in [-0.2, -0.15) is 0 Å². The number of amides is 2. The van der Waals surface area contributed by atoms with Crippen molar-refractivity contribution < 1.29 is 9.59 Å².